The summed E-state index contributed by atoms with van der Waals surface area (Å²) < 4.78 is 5.54. The average molecular weight is 303 g/mol. The Balaban J connectivity index is 2.09. The maximum absolute atomic E-state index is 12.6. The van der Waals surface area contributed by atoms with Crippen LogP contribution >= 0.6 is 11.3 Å². The SMILES string of the molecule is Cc1ccc(C2C(C(=O)c3cccs3)=C(O)C(=O)N2C)o1. The van der Waals surface area contributed by atoms with Gasteiger partial charge in [-0.1, -0.05) is 6.07 Å². The highest BCUT2D eigenvalue weighted by Crippen LogP contribution is 2.38. The van der Waals surface area contributed by atoms with Crippen molar-refractivity contribution in [3.63, 3.8) is 0 Å². The predicted molar refractivity (Wildman–Crippen MR) is 77.3 cm³/mol. The molecule has 1 unspecified atom stereocenters. The van der Waals surface area contributed by atoms with E-state index in [0.29, 0.717) is 16.4 Å². The third-order valence-corrected chi connectivity index (χ3v) is 4.33. The first kappa shape index (κ1) is 13.6. The normalized spacial score (nSPS) is 18.7. The lowest BCUT2D eigenvalue weighted by Gasteiger charge is -2.19. The Bertz CT molecular complexity index is 742. The van der Waals surface area contributed by atoms with Crippen LogP contribution in [-0.4, -0.2) is 28.7 Å². The molecular formula is C15H13NO4S. The number of furan rings is 1. The standard InChI is InChI=1S/C15H13NO4S/c1-8-5-6-9(20-8)12-11(14(18)15(19)16(12)2)13(17)10-4-3-7-21-10/h3-7,12,18H,1-2H3. The van der Waals surface area contributed by atoms with Gasteiger partial charge >= 0.3 is 0 Å². The molecule has 2 aromatic heterocycles. The van der Waals surface area contributed by atoms with E-state index >= 15 is 0 Å². The smallest absolute Gasteiger partial charge is 0.289 e. The first-order valence-electron chi connectivity index (χ1n) is 6.35. The van der Waals surface area contributed by atoms with Gasteiger partial charge in [-0.25, -0.2) is 0 Å². The number of nitrogens with zero attached hydrogens (tertiary/aromatic N) is 1. The van der Waals surface area contributed by atoms with E-state index in [-0.39, 0.29) is 11.4 Å². The molecule has 5 nitrogen and oxygen atoms in total. The molecule has 0 radical (unpaired) electrons. The summed E-state index contributed by atoms with van der Waals surface area (Å²) in [4.78, 5) is 26.4. The maximum atomic E-state index is 12.6. The molecule has 0 aliphatic carbocycles. The Morgan fingerprint density at radius 2 is 2.14 bits per heavy atom. The number of carbonyl (C=O) groups excluding carboxylic acids is 2. The van der Waals surface area contributed by atoms with E-state index in [0.717, 1.165) is 0 Å². The molecule has 3 heterocycles. The summed E-state index contributed by atoms with van der Waals surface area (Å²) in [5, 5.41) is 11.8. The van der Waals surface area contributed by atoms with Gasteiger partial charge in [-0.2, -0.15) is 0 Å². The number of carbonyl (C=O) groups is 2. The van der Waals surface area contributed by atoms with Gasteiger partial charge in [0.25, 0.3) is 5.91 Å². The molecule has 0 saturated carbocycles. The molecule has 1 amide bonds. The molecule has 6 heteroatoms. The van der Waals surface area contributed by atoms with E-state index in [1.54, 1.807) is 36.6 Å². The van der Waals surface area contributed by atoms with Crippen LogP contribution in [0, 0.1) is 6.92 Å². The number of aliphatic hydroxyl groups is 1. The maximum Gasteiger partial charge on any atom is 0.289 e. The van der Waals surface area contributed by atoms with Gasteiger partial charge in [0.05, 0.1) is 10.5 Å². The van der Waals surface area contributed by atoms with Crippen molar-refractivity contribution in [3.8, 4) is 0 Å². The van der Waals surface area contributed by atoms with Crippen LogP contribution in [0.4, 0.5) is 0 Å². The minimum absolute atomic E-state index is 0.0688. The number of aliphatic hydroxyl groups excluding tert-OH is 1. The van der Waals surface area contributed by atoms with Gasteiger partial charge in [-0.15, -0.1) is 11.3 Å². The molecule has 0 spiro atoms. The molecule has 1 atom stereocenters. The van der Waals surface area contributed by atoms with Crippen molar-refractivity contribution in [3.05, 3.63) is 57.4 Å². The van der Waals surface area contributed by atoms with Gasteiger partial charge in [-0.05, 0) is 30.5 Å². The molecule has 0 aromatic carbocycles. The predicted octanol–water partition coefficient (Wildman–Crippen LogP) is 2.86. The molecule has 0 bridgehead atoms. The number of hydrogen-bond acceptors (Lipinski definition) is 5. The Morgan fingerprint density at radius 1 is 1.38 bits per heavy atom. The molecule has 3 rings (SSSR count). The van der Waals surface area contributed by atoms with Crippen LogP contribution in [-0.2, 0) is 4.79 Å². The fourth-order valence-electron chi connectivity index (χ4n) is 2.43. The van der Waals surface area contributed by atoms with Gasteiger partial charge in [0, 0.05) is 7.05 Å². The van der Waals surface area contributed by atoms with Crippen LogP contribution in [0.2, 0.25) is 0 Å². The zero-order chi connectivity index (χ0) is 15.1. The lowest BCUT2D eigenvalue weighted by molar-refractivity contribution is -0.128. The summed E-state index contributed by atoms with van der Waals surface area (Å²) in [6.45, 7) is 1.78. The van der Waals surface area contributed by atoms with Crippen LogP contribution in [0.1, 0.15) is 27.2 Å². The fraction of sp³-hybridized carbons (Fsp3) is 0.200. The number of Topliss-reactive ketones (excluding diaryl/α,β-unsaturated/α-hetero) is 1. The average Bonchev–Trinajstić information content (AvgIpc) is 3.16. The van der Waals surface area contributed by atoms with Gasteiger partial charge in [0.15, 0.2) is 5.76 Å². The van der Waals surface area contributed by atoms with Gasteiger partial charge in [0.2, 0.25) is 5.78 Å². The quantitative estimate of drug-likeness (QED) is 0.885. The van der Waals surface area contributed by atoms with E-state index in [4.69, 9.17) is 4.42 Å². The summed E-state index contributed by atoms with van der Waals surface area (Å²) in [5.41, 5.74) is 0.0688. The number of thiophene rings is 1. The van der Waals surface area contributed by atoms with Crippen molar-refractivity contribution in [1.29, 1.82) is 0 Å². The lowest BCUT2D eigenvalue weighted by atomic mass is 10.0. The van der Waals surface area contributed by atoms with Crippen LogP contribution in [0.3, 0.4) is 0 Å². The van der Waals surface area contributed by atoms with E-state index in [2.05, 4.69) is 0 Å². The van der Waals surface area contributed by atoms with Crippen LogP contribution in [0.15, 0.2) is 45.4 Å². The van der Waals surface area contributed by atoms with Crippen molar-refractivity contribution in [2.45, 2.75) is 13.0 Å². The molecule has 0 fully saturated rings. The first-order chi connectivity index (χ1) is 10.0. The monoisotopic (exact) mass is 303 g/mol. The number of rotatable bonds is 3. The minimum Gasteiger partial charge on any atom is -0.503 e. The molecule has 1 N–H and O–H groups in total. The van der Waals surface area contributed by atoms with Crippen LogP contribution < -0.4 is 0 Å². The fourth-order valence-corrected chi connectivity index (χ4v) is 3.11. The largest absolute Gasteiger partial charge is 0.503 e. The minimum atomic E-state index is -0.694. The summed E-state index contributed by atoms with van der Waals surface area (Å²) in [6, 6.07) is 6.20. The van der Waals surface area contributed by atoms with Crippen molar-refractivity contribution < 1.29 is 19.1 Å². The third-order valence-electron chi connectivity index (χ3n) is 3.46. The van der Waals surface area contributed by atoms with Gasteiger partial charge in [0.1, 0.15) is 17.6 Å². The molecule has 1 aliphatic rings. The van der Waals surface area contributed by atoms with Crippen LogP contribution in [0.25, 0.3) is 0 Å². The third kappa shape index (κ3) is 2.08. The van der Waals surface area contributed by atoms with E-state index in [9.17, 15) is 14.7 Å². The number of likely N-dealkylation sites (N-methyl/N-ethyl adjacent to an activating group) is 1. The highest BCUT2D eigenvalue weighted by molar-refractivity contribution is 7.12. The zero-order valence-corrected chi connectivity index (χ0v) is 12.3. The number of amides is 1. The zero-order valence-electron chi connectivity index (χ0n) is 11.5. The van der Waals surface area contributed by atoms with Crippen LogP contribution in [0.5, 0.6) is 0 Å². The molecule has 1 aliphatic heterocycles. The summed E-state index contributed by atoms with van der Waals surface area (Å²) in [7, 11) is 1.54. The van der Waals surface area contributed by atoms with Gasteiger partial charge in [-0.3, -0.25) is 9.59 Å². The van der Waals surface area contributed by atoms with Crippen molar-refractivity contribution in [2.75, 3.05) is 7.05 Å². The Kier molecular flexibility index (Phi) is 3.17. The topological polar surface area (TPSA) is 70.8 Å². The van der Waals surface area contributed by atoms with Crippen molar-refractivity contribution in [1.82, 2.24) is 4.90 Å². The number of aryl methyl sites for hydroxylation is 1. The Hall–Kier alpha value is -2.34. The Morgan fingerprint density at radius 3 is 2.71 bits per heavy atom. The number of hydrogen-bond donors (Lipinski definition) is 1. The lowest BCUT2D eigenvalue weighted by Crippen LogP contribution is -2.26. The van der Waals surface area contributed by atoms with Crippen molar-refractivity contribution >= 4 is 23.0 Å². The highest BCUT2D eigenvalue weighted by Gasteiger charge is 2.43. The molecule has 108 valence electrons. The molecule has 0 saturated heterocycles. The second-order valence-electron chi connectivity index (χ2n) is 4.84. The molecular weight excluding hydrogens is 290 g/mol. The first-order valence-corrected chi connectivity index (χ1v) is 7.23. The van der Waals surface area contributed by atoms with Gasteiger partial charge < -0.3 is 14.4 Å². The highest BCUT2D eigenvalue weighted by atomic mass is 32.1. The van der Waals surface area contributed by atoms with E-state index in [1.165, 1.54) is 23.3 Å². The van der Waals surface area contributed by atoms with E-state index in [1.807, 2.05) is 0 Å². The summed E-state index contributed by atoms with van der Waals surface area (Å²) >= 11 is 1.27. The molecule has 2 aromatic rings. The van der Waals surface area contributed by atoms with E-state index < -0.39 is 17.7 Å². The second kappa shape index (κ2) is 4.89. The number of ketones is 1. The summed E-state index contributed by atoms with van der Waals surface area (Å²) in [5.74, 6) is -0.282. The van der Waals surface area contributed by atoms with Crippen molar-refractivity contribution in [2.24, 2.45) is 0 Å². The second-order valence-corrected chi connectivity index (χ2v) is 5.78. The Labute approximate surface area is 125 Å². The summed E-state index contributed by atoms with van der Waals surface area (Å²) in [6.07, 6.45) is 0. The molecule has 21 heavy (non-hydrogen) atoms.